The maximum Gasteiger partial charge on any atom is 0.135 e. The number of rotatable bonds is 2. The molecule has 1 aliphatic rings. The minimum Gasteiger partial charge on any atom is -0.299 e. The highest BCUT2D eigenvalue weighted by atomic mass is 16.1. The van der Waals surface area contributed by atoms with Gasteiger partial charge in [-0.05, 0) is 35.1 Å². The molecular weight excluding hydrogens is 220 g/mol. The number of ketones is 1. The Morgan fingerprint density at radius 1 is 1.11 bits per heavy atom. The van der Waals surface area contributed by atoms with Gasteiger partial charge in [-0.25, -0.2) is 0 Å². The van der Waals surface area contributed by atoms with Gasteiger partial charge in [-0.15, -0.1) is 0 Å². The van der Waals surface area contributed by atoms with Crippen LogP contribution in [-0.2, 0) is 11.2 Å². The summed E-state index contributed by atoms with van der Waals surface area (Å²) in [6.45, 7) is 2.09. The molecule has 1 heteroatoms. The van der Waals surface area contributed by atoms with E-state index >= 15 is 0 Å². The van der Waals surface area contributed by atoms with Gasteiger partial charge >= 0.3 is 0 Å². The Morgan fingerprint density at radius 3 is 2.67 bits per heavy atom. The summed E-state index contributed by atoms with van der Waals surface area (Å²) in [6, 6.07) is 15.0. The number of hydrogen-bond acceptors (Lipinski definition) is 1. The number of hydrogen-bond donors (Lipinski definition) is 0. The van der Waals surface area contributed by atoms with Gasteiger partial charge in [-0.2, -0.15) is 0 Å². The molecule has 2 unspecified atom stereocenters. The van der Waals surface area contributed by atoms with Crippen molar-refractivity contribution >= 4 is 16.6 Å². The van der Waals surface area contributed by atoms with Crippen LogP contribution in [0.2, 0.25) is 0 Å². The van der Waals surface area contributed by atoms with E-state index in [-0.39, 0.29) is 5.92 Å². The molecule has 18 heavy (non-hydrogen) atoms. The van der Waals surface area contributed by atoms with E-state index in [9.17, 15) is 4.79 Å². The summed E-state index contributed by atoms with van der Waals surface area (Å²) in [6.07, 6.45) is 2.87. The Morgan fingerprint density at radius 2 is 1.89 bits per heavy atom. The highest BCUT2D eigenvalue weighted by Gasteiger charge is 2.30. The lowest BCUT2D eigenvalue weighted by Crippen LogP contribution is -2.12. The molecule has 0 aromatic heterocycles. The van der Waals surface area contributed by atoms with Crippen LogP contribution in [0.4, 0.5) is 0 Å². The van der Waals surface area contributed by atoms with Crippen LogP contribution in [0, 0.1) is 11.8 Å². The topological polar surface area (TPSA) is 17.1 Å². The van der Waals surface area contributed by atoms with Gasteiger partial charge in [0.15, 0.2) is 0 Å². The van der Waals surface area contributed by atoms with Crippen LogP contribution in [0.5, 0.6) is 0 Å². The Labute approximate surface area is 108 Å². The molecule has 2 atom stereocenters. The molecule has 1 saturated carbocycles. The van der Waals surface area contributed by atoms with E-state index in [1.54, 1.807) is 0 Å². The van der Waals surface area contributed by atoms with E-state index in [2.05, 4.69) is 49.4 Å². The fraction of sp³-hybridized carbons (Fsp3) is 0.353. The number of benzene rings is 2. The second-order valence-corrected chi connectivity index (χ2v) is 5.40. The summed E-state index contributed by atoms with van der Waals surface area (Å²) in [5, 5.41) is 2.64. The van der Waals surface area contributed by atoms with E-state index < -0.39 is 0 Å². The SMILES string of the molecule is CC1C(=O)CCC1Cc1cccc2ccccc12. The first-order valence-electron chi connectivity index (χ1n) is 6.75. The highest BCUT2D eigenvalue weighted by molar-refractivity contribution is 5.86. The first kappa shape index (κ1) is 11.5. The molecule has 2 aromatic carbocycles. The van der Waals surface area contributed by atoms with E-state index in [0.717, 1.165) is 19.3 Å². The van der Waals surface area contributed by atoms with Crippen LogP contribution >= 0.6 is 0 Å². The molecule has 0 aliphatic heterocycles. The van der Waals surface area contributed by atoms with Crippen LogP contribution in [0.25, 0.3) is 10.8 Å². The van der Waals surface area contributed by atoms with Crippen LogP contribution in [0.3, 0.4) is 0 Å². The second-order valence-electron chi connectivity index (χ2n) is 5.40. The molecule has 0 spiro atoms. The number of fused-ring (bicyclic) bond motifs is 1. The molecule has 0 radical (unpaired) electrons. The lowest BCUT2D eigenvalue weighted by atomic mass is 9.89. The maximum absolute atomic E-state index is 11.6. The third-order valence-electron chi connectivity index (χ3n) is 4.34. The van der Waals surface area contributed by atoms with Crippen molar-refractivity contribution in [2.45, 2.75) is 26.2 Å². The fourth-order valence-corrected chi connectivity index (χ4v) is 3.10. The average Bonchev–Trinajstić information content (AvgIpc) is 2.71. The van der Waals surface area contributed by atoms with Gasteiger partial charge in [-0.1, -0.05) is 49.4 Å². The van der Waals surface area contributed by atoms with Gasteiger partial charge in [-0.3, -0.25) is 4.79 Å². The minimum absolute atomic E-state index is 0.240. The van der Waals surface area contributed by atoms with Crippen LogP contribution in [-0.4, -0.2) is 5.78 Å². The third-order valence-corrected chi connectivity index (χ3v) is 4.34. The predicted molar refractivity (Wildman–Crippen MR) is 74.5 cm³/mol. The zero-order chi connectivity index (χ0) is 12.5. The summed E-state index contributed by atoms with van der Waals surface area (Å²) in [7, 11) is 0. The molecule has 0 bridgehead atoms. The van der Waals surface area contributed by atoms with Gasteiger partial charge in [0.25, 0.3) is 0 Å². The maximum atomic E-state index is 11.6. The van der Waals surface area contributed by atoms with Crippen molar-refractivity contribution in [2.24, 2.45) is 11.8 Å². The van der Waals surface area contributed by atoms with Crippen LogP contribution in [0.1, 0.15) is 25.3 Å². The smallest absolute Gasteiger partial charge is 0.135 e. The van der Waals surface area contributed by atoms with E-state index in [4.69, 9.17) is 0 Å². The Bertz CT molecular complexity index is 580. The third kappa shape index (κ3) is 1.94. The summed E-state index contributed by atoms with van der Waals surface area (Å²) < 4.78 is 0. The minimum atomic E-state index is 0.240. The van der Waals surface area contributed by atoms with E-state index in [1.165, 1.54) is 16.3 Å². The quantitative estimate of drug-likeness (QED) is 0.773. The fourth-order valence-electron chi connectivity index (χ4n) is 3.10. The second kappa shape index (κ2) is 4.56. The molecule has 0 N–H and O–H groups in total. The van der Waals surface area contributed by atoms with Gasteiger partial charge in [0.05, 0.1) is 0 Å². The normalized spacial score (nSPS) is 23.7. The van der Waals surface area contributed by atoms with Crippen molar-refractivity contribution in [3.8, 4) is 0 Å². The summed E-state index contributed by atoms with van der Waals surface area (Å²) in [5.41, 5.74) is 1.39. The van der Waals surface area contributed by atoms with Crippen molar-refractivity contribution in [3.05, 3.63) is 48.0 Å². The number of Topliss-reactive ketones (excluding diaryl/α,β-unsaturated/α-hetero) is 1. The molecule has 0 amide bonds. The average molecular weight is 238 g/mol. The molecule has 92 valence electrons. The molecule has 1 aliphatic carbocycles. The standard InChI is InChI=1S/C17H18O/c1-12-14(9-10-17(12)18)11-15-7-4-6-13-5-2-3-8-16(13)15/h2-8,12,14H,9-11H2,1H3. The Balaban J connectivity index is 1.93. The van der Waals surface area contributed by atoms with Crippen molar-refractivity contribution in [1.29, 1.82) is 0 Å². The van der Waals surface area contributed by atoms with E-state index in [1.807, 2.05) is 0 Å². The Hall–Kier alpha value is -1.63. The molecule has 0 saturated heterocycles. The van der Waals surface area contributed by atoms with E-state index in [0.29, 0.717) is 11.7 Å². The molecule has 0 heterocycles. The van der Waals surface area contributed by atoms with Crippen LogP contribution in [0.15, 0.2) is 42.5 Å². The van der Waals surface area contributed by atoms with Crippen molar-refractivity contribution in [1.82, 2.24) is 0 Å². The number of carbonyl (C=O) groups is 1. The monoisotopic (exact) mass is 238 g/mol. The molecule has 2 aromatic rings. The molecular formula is C17H18O. The lowest BCUT2D eigenvalue weighted by Gasteiger charge is -2.15. The van der Waals surface area contributed by atoms with Crippen LogP contribution < -0.4 is 0 Å². The molecule has 1 nitrogen and oxygen atoms in total. The Kier molecular flexibility index (Phi) is 2.91. The first-order chi connectivity index (χ1) is 8.75. The molecule has 1 fully saturated rings. The largest absolute Gasteiger partial charge is 0.299 e. The highest BCUT2D eigenvalue weighted by Crippen LogP contribution is 2.33. The van der Waals surface area contributed by atoms with Gasteiger partial charge in [0, 0.05) is 12.3 Å². The zero-order valence-corrected chi connectivity index (χ0v) is 10.7. The van der Waals surface area contributed by atoms with Gasteiger partial charge < -0.3 is 0 Å². The van der Waals surface area contributed by atoms with Crippen molar-refractivity contribution in [2.75, 3.05) is 0 Å². The molecule has 3 rings (SSSR count). The number of carbonyl (C=O) groups excluding carboxylic acids is 1. The zero-order valence-electron chi connectivity index (χ0n) is 10.7. The van der Waals surface area contributed by atoms with Crippen molar-refractivity contribution < 1.29 is 4.79 Å². The summed E-state index contributed by atoms with van der Waals surface area (Å²) in [4.78, 5) is 11.6. The summed E-state index contributed by atoms with van der Waals surface area (Å²) >= 11 is 0. The summed E-state index contributed by atoms with van der Waals surface area (Å²) in [5.74, 6) is 1.22. The van der Waals surface area contributed by atoms with Gasteiger partial charge in [0.1, 0.15) is 5.78 Å². The van der Waals surface area contributed by atoms with Gasteiger partial charge in [0.2, 0.25) is 0 Å². The lowest BCUT2D eigenvalue weighted by molar-refractivity contribution is -0.120. The first-order valence-corrected chi connectivity index (χ1v) is 6.75. The predicted octanol–water partition coefficient (Wildman–Crippen LogP) is 4.00. The van der Waals surface area contributed by atoms with Crippen molar-refractivity contribution in [3.63, 3.8) is 0 Å².